The van der Waals surface area contributed by atoms with E-state index in [0.29, 0.717) is 11.1 Å². The second-order valence-corrected chi connectivity index (χ2v) is 4.18. The lowest BCUT2D eigenvalue weighted by Crippen LogP contribution is -2.13. The minimum Gasteiger partial charge on any atom is -0.462 e. The van der Waals surface area contributed by atoms with E-state index in [9.17, 15) is 14.5 Å². The summed E-state index contributed by atoms with van der Waals surface area (Å²) in [5, 5.41) is 2.80. The number of hydrogen-bond acceptors (Lipinski definition) is 5. The maximum Gasteiger partial charge on any atom is 0.340 e. The summed E-state index contributed by atoms with van der Waals surface area (Å²) in [6.07, 6.45) is 1.37. The maximum absolute atomic E-state index is 11.9. The van der Waals surface area contributed by atoms with E-state index in [2.05, 4.69) is 10.2 Å². The van der Waals surface area contributed by atoms with Gasteiger partial charge < -0.3 is 15.5 Å². The zero-order chi connectivity index (χ0) is 15.4. The number of ether oxygens (including phenoxy) is 1. The molecule has 0 aliphatic rings. The Morgan fingerprint density at radius 1 is 1.29 bits per heavy atom. The van der Waals surface area contributed by atoms with Crippen LogP contribution in [-0.2, 0) is 4.74 Å². The van der Waals surface area contributed by atoms with Crippen molar-refractivity contribution in [3.8, 4) is 11.1 Å². The number of aromatic nitrogens is 1. The van der Waals surface area contributed by atoms with Gasteiger partial charge in [0.25, 0.3) is 5.91 Å². The zero-order valence-corrected chi connectivity index (χ0v) is 11.3. The number of primary amides is 1. The van der Waals surface area contributed by atoms with E-state index >= 15 is 0 Å². The molecule has 0 spiro atoms. The highest BCUT2D eigenvalue weighted by atomic mass is 16.5. The standard InChI is InChI=1S/C14H13N3O4/c1-2-21-14(19)10-7-16-12(13(15)18)11(10)8-3-5-9(17-20)6-4-8/h3-7,16H,2H2,1H3,(H2,15,18). The fourth-order valence-electron chi connectivity index (χ4n) is 1.98. The Morgan fingerprint density at radius 3 is 2.48 bits per heavy atom. The molecule has 2 aromatic rings. The van der Waals surface area contributed by atoms with Crippen molar-refractivity contribution < 1.29 is 14.3 Å². The van der Waals surface area contributed by atoms with Crippen molar-refractivity contribution in [2.45, 2.75) is 6.92 Å². The molecule has 1 heterocycles. The van der Waals surface area contributed by atoms with E-state index in [1.54, 1.807) is 19.1 Å². The van der Waals surface area contributed by atoms with Gasteiger partial charge in [-0.25, -0.2) is 4.79 Å². The van der Waals surface area contributed by atoms with Crippen molar-refractivity contribution in [2.75, 3.05) is 6.61 Å². The summed E-state index contributed by atoms with van der Waals surface area (Å²) in [6, 6.07) is 6.12. The first-order chi connectivity index (χ1) is 10.1. The Bertz CT molecular complexity index is 689. The highest BCUT2D eigenvalue weighted by Gasteiger charge is 2.22. The highest BCUT2D eigenvalue weighted by molar-refractivity contribution is 6.06. The van der Waals surface area contributed by atoms with E-state index in [4.69, 9.17) is 10.5 Å². The fourth-order valence-corrected chi connectivity index (χ4v) is 1.98. The quantitative estimate of drug-likeness (QED) is 0.648. The molecule has 108 valence electrons. The number of carbonyl (C=O) groups is 2. The van der Waals surface area contributed by atoms with E-state index < -0.39 is 11.9 Å². The number of rotatable bonds is 5. The molecule has 2 rings (SSSR count). The number of hydrogen-bond donors (Lipinski definition) is 2. The monoisotopic (exact) mass is 287 g/mol. The predicted octanol–water partition coefficient (Wildman–Crippen LogP) is 2.36. The molecule has 0 aliphatic carbocycles. The van der Waals surface area contributed by atoms with Gasteiger partial charge in [-0.3, -0.25) is 4.79 Å². The van der Waals surface area contributed by atoms with Gasteiger partial charge in [-0.15, -0.1) is 4.91 Å². The summed E-state index contributed by atoms with van der Waals surface area (Å²) in [6.45, 7) is 1.90. The lowest BCUT2D eigenvalue weighted by Gasteiger charge is -2.06. The van der Waals surface area contributed by atoms with E-state index in [0.717, 1.165) is 0 Å². The Balaban J connectivity index is 2.57. The van der Waals surface area contributed by atoms with Crippen LogP contribution in [0.3, 0.4) is 0 Å². The number of carbonyl (C=O) groups excluding carboxylic acids is 2. The van der Waals surface area contributed by atoms with Crippen LogP contribution in [0.15, 0.2) is 35.6 Å². The van der Waals surface area contributed by atoms with Crippen LogP contribution in [0.5, 0.6) is 0 Å². The third kappa shape index (κ3) is 2.81. The fraction of sp³-hybridized carbons (Fsp3) is 0.143. The van der Waals surface area contributed by atoms with Gasteiger partial charge in [0, 0.05) is 11.8 Å². The molecular formula is C14H13N3O4. The van der Waals surface area contributed by atoms with Crippen molar-refractivity contribution in [3.05, 3.63) is 46.6 Å². The van der Waals surface area contributed by atoms with Crippen molar-refractivity contribution in [1.29, 1.82) is 0 Å². The van der Waals surface area contributed by atoms with Crippen LogP contribution in [0.4, 0.5) is 5.69 Å². The van der Waals surface area contributed by atoms with Crippen LogP contribution < -0.4 is 5.73 Å². The predicted molar refractivity (Wildman–Crippen MR) is 76.2 cm³/mol. The second kappa shape index (κ2) is 6.00. The SMILES string of the molecule is CCOC(=O)c1c[nH]c(C(N)=O)c1-c1ccc(N=O)cc1. The number of nitroso groups, excluding NO2 is 1. The lowest BCUT2D eigenvalue weighted by atomic mass is 10.0. The summed E-state index contributed by atoms with van der Waals surface area (Å²) < 4.78 is 4.95. The normalized spacial score (nSPS) is 10.1. The van der Waals surface area contributed by atoms with Crippen molar-refractivity contribution >= 4 is 17.6 Å². The van der Waals surface area contributed by atoms with E-state index in [1.165, 1.54) is 18.3 Å². The molecule has 0 atom stereocenters. The molecule has 7 nitrogen and oxygen atoms in total. The summed E-state index contributed by atoms with van der Waals surface area (Å²) >= 11 is 0. The van der Waals surface area contributed by atoms with Gasteiger partial charge in [-0.05, 0) is 29.8 Å². The first-order valence-electron chi connectivity index (χ1n) is 6.20. The number of esters is 1. The first-order valence-corrected chi connectivity index (χ1v) is 6.20. The molecular weight excluding hydrogens is 274 g/mol. The summed E-state index contributed by atoms with van der Waals surface area (Å²) in [5.41, 5.74) is 6.76. The van der Waals surface area contributed by atoms with Gasteiger partial charge in [0.2, 0.25) is 0 Å². The number of amides is 1. The molecule has 1 aromatic carbocycles. The van der Waals surface area contributed by atoms with Crippen LogP contribution in [0.2, 0.25) is 0 Å². The average molecular weight is 287 g/mol. The second-order valence-electron chi connectivity index (χ2n) is 4.18. The molecule has 0 saturated carbocycles. The zero-order valence-electron chi connectivity index (χ0n) is 11.3. The number of nitrogens with zero attached hydrogens (tertiary/aromatic N) is 1. The average Bonchev–Trinajstić information content (AvgIpc) is 2.92. The number of nitrogens with two attached hydrogens (primary N) is 1. The van der Waals surface area contributed by atoms with Crippen LogP contribution in [0.25, 0.3) is 11.1 Å². The van der Waals surface area contributed by atoms with Crippen molar-refractivity contribution in [1.82, 2.24) is 4.98 Å². The minimum atomic E-state index is -0.696. The largest absolute Gasteiger partial charge is 0.462 e. The van der Waals surface area contributed by atoms with Gasteiger partial charge in [0.05, 0.1) is 12.2 Å². The highest BCUT2D eigenvalue weighted by Crippen LogP contribution is 2.29. The molecule has 1 amide bonds. The smallest absolute Gasteiger partial charge is 0.340 e. The molecule has 3 N–H and O–H groups in total. The molecule has 0 bridgehead atoms. The summed E-state index contributed by atoms with van der Waals surface area (Å²) in [7, 11) is 0. The van der Waals surface area contributed by atoms with Crippen LogP contribution >= 0.6 is 0 Å². The Hall–Kier alpha value is -2.96. The molecule has 0 fully saturated rings. The Kier molecular flexibility index (Phi) is 4.13. The third-order valence-electron chi connectivity index (χ3n) is 2.88. The number of H-pyrrole nitrogens is 1. The number of benzene rings is 1. The van der Waals surface area contributed by atoms with Gasteiger partial charge in [0.15, 0.2) is 0 Å². The summed E-state index contributed by atoms with van der Waals surface area (Å²) in [5.74, 6) is -1.26. The minimum absolute atomic E-state index is 0.102. The van der Waals surface area contributed by atoms with Crippen LogP contribution in [-0.4, -0.2) is 23.5 Å². The molecule has 21 heavy (non-hydrogen) atoms. The Morgan fingerprint density at radius 2 is 1.95 bits per heavy atom. The van der Waals surface area contributed by atoms with Crippen LogP contribution in [0, 0.1) is 4.91 Å². The van der Waals surface area contributed by atoms with Crippen LogP contribution in [0.1, 0.15) is 27.8 Å². The molecule has 7 heteroatoms. The van der Waals surface area contributed by atoms with Crippen molar-refractivity contribution in [3.63, 3.8) is 0 Å². The molecule has 0 aliphatic heterocycles. The number of nitrogens with one attached hydrogen (secondary N) is 1. The molecule has 1 aromatic heterocycles. The Labute approximate surface area is 120 Å². The molecule has 0 unspecified atom stereocenters. The van der Waals surface area contributed by atoms with E-state index in [-0.39, 0.29) is 23.6 Å². The first kappa shape index (κ1) is 14.4. The number of aromatic amines is 1. The topological polar surface area (TPSA) is 115 Å². The van der Waals surface area contributed by atoms with E-state index in [1.807, 2.05) is 0 Å². The van der Waals surface area contributed by atoms with Crippen molar-refractivity contribution in [2.24, 2.45) is 10.9 Å². The van der Waals surface area contributed by atoms with Gasteiger partial charge in [-0.2, -0.15) is 0 Å². The lowest BCUT2D eigenvalue weighted by molar-refractivity contribution is 0.0527. The van der Waals surface area contributed by atoms with Gasteiger partial charge in [-0.1, -0.05) is 12.1 Å². The summed E-state index contributed by atoms with van der Waals surface area (Å²) in [4.78, 5) is 36.5. The van der Waals surface area contributed by atoms with Gasteiger partial charge in [0.1, 0.15) is 11.4 Å². The third-order valence-corrected chi connectivity index (χ3v) is 2.88. The van der Waals surface area contributed by atoms with Gasteiger partial charge >= 0.3 is 5.97 Å². The molecule has 0 radical (unpaired) electrons. The molecule has 0 saturated heterocycles. The maximum atomic E-state index is 11.9.